The maximum Gasteiger partial charge on any atom is 0.246 e. The number of halogens is 2. The van der Waals surface area contributed by atoms with Gasteiger partial charge in [0, 0.05) is 50.1 Å². The van der Waals surface area contributed by atoms with Crippen LogP contribution in [0.1, 0.15) is 0 Å². The average molecular weight is 443 g/mol. The van der Waals surface area contributed by atoms with Crippen LogP contribution in [0.4, 0.5) is 32.1 Å². The van der Waals surface area contributed by atoms with Crippen molar-refractivity contribution in [3.05, 3.63) is 48.3 Å². The van der Waals surface area contributed by atoms with Crippen LogP contribution in [0.15, 0.2) is 36.7 Å². The predicted octanol–water partition coefficient (Wildman–Crippen LogP) is 2.36. The van der Waals surface area contributed by atoms with E-state index in [0.29, 0.717) is 38.1 Å². The summed E-state index contributed by atoms with van der Waals surface area (Å²) in [7, 11) is 0. The molecule has 0 amide bonds. The monoisotopic (exact) mass is 443 g/mol. The molecule has 0 bridgehead atoms. The van der Waals surface area contributed by atoms with Gasteiger partial charge in [-0.05, 0) is 12.1 Å². The Bertz CT molecular complexity index is 1050. The average Bonchev–Trinajstić information content (AvgIpc) is 3.30. The number of benzene rings is 1. The first-order chi connectivity index (χ1) is 15.7. The largest absolute Gasteiger partial charge is 0.378 e. The van der Waals surface area contributed by atoms with Gasteiger partial charge in [0.2, 0.25) is 5.95 Å². The fourth-order valence-corrected chi connectivity index (χ4v) is 3.68. The molecule has 2 fully saturated rings. The summed E-state index contributed by atoms with van der Waals surface area (Å²) in [6.07, 6.45) is 1.45. The van der Waals surface area contributed by atoms with Crippen LogP contribution in [0.25, 0.3) is 5.69 Å². The number of nitrogens with one attached hydrogen (secondary N) is 1. The third-order valence-electron chi connectivity index (χ3n) is 5.38. The molecule has 32 heavy (non-hydrogen) atoms. The van der Waals surface area contributed by atoms with E-state index in [-0.39, 0.29) is 0 Å². The molecule has 1 N–H and O–H groups in total. The summed E-state index contributed by atoms with van der Waals surface area (Å²) < 4.78 is 39.1. The molecular formula is C21H23F2N7O2. The van der Waals surface area contributed by atoms with Crippen molar-refractivity contribution in [3.63, 3.8) is 0 Å². The standard InChI is InChI=1S/C21H23F2N7O2/c22-17-2-1-16(13-18(17)23)30-14-24-21(27-30)25-15-11-19(28-3-7-31-8-4-28)26-20(12-15)29-5-9-32-10-6-29/h1-2,11-14H,3-10H2,(H,25,26,27). The summed E-state index contributed by atoms with van der Waals surface area (Å²) in [4.78, 5) is 13.5. The third-order valence-corrected chi connectivity index (χ3v) is 5.38. The zero-order valence-electron chi connectivity index (χ0n) is 17.4. The number of hydrogen-bond acceptors (Lipinski definition) is 8. The van der Waals surface area contributed by atoms with Crippen LogP contribution in [0.5, 0.6) is 0 Å². The highest BCUT2D eigenvalue weighted by Crippen LogP contribution is 2.27. The van der Waals surface area contributed by atoms with Crippen molar-refractivity contribution in [2.45, 2.75) is 0 Å². The van der Waals surface area contributed by atoms with Gasteiger partial charge in [0.15, 0.2) is 11.6 Å². The van der Waals surface area contributed by atoms with E-state index in [4.69, 9.17) is 14.5 Å². The molecule has 3 aromatic rings. The second-order valence-corrected chi connectivity index (χ2v) is 7.51. The number of pyridine rings is 1. The van der Waals surface area contributed by atoms with Crippen LogP contribution in [0, 0.1) is 11.6 Å². The number of hydrogen-bond donors (Lipinski definition) is 1. The molecule has 11 heteroatoms. The van der Waals surface area contributed by atoms with Crippen molar-refractivity contribution < 1.29 is 18.3 Å². The van der Waals surface area contributed by atoms with Gasteiger partial charge in [-0.15, -0.1) is 5.10 Å². The summed E-state index contributed by atoms with van der Waals surface area (Å²) >= 11 is 0. The highest BCUT2D eigenvalue weighted by molar-refractivity contribution is 5.65. The molecule has 168 valence electrons. The molecule has 0 radical (unpaired) electrons. The van der Waals surface area contributed by atoms with Crippen LogP contribution in [0.2, 0.25) is 0 Å². The number of nitrogens with zero attached hydrogens (tertiary/aromatic N) is 6. The Morgan fingerprint density at radius 3 is 2.03 bits per heavy atom. The minimum atomic E-state index is -0.938. The van der Waals surface area contributed by atoms with Crippen LogP contribution < -0.4 is 15.1 Å². The molecule has 9 nitrogen and oxygen atoms in total. The van der Waals surface area contributed by atoms with Gasteiger partial charge in [-0.2, -0.15) is 4.98 Å². The second kappa shape index (κ2) is 9.05. The van der Waals surface area contributed by atoms with E-state index in [0.717, 1.165) is 55.6 Å². The molecule has 0 unspecified atom stereocenters. The number of aromatic nitrogens is 4. The first kappa shape index (κ1) is 20.6. The summed E-state index contributed by atoms with van der Waals surface area (Å²) in [5, 5.41) is 7.56. The predicted molar refractivity (Wildman–Crippen MR) is 115 cm³/mol. The van der Waals surface area contributed by atoms with Crippen molar-refractivity contribution in [1.29, 1.82) is 0 Å². The third kappa shape index (κ3) is 4.48. The first-order valence-corrected chi connectivity index (χ1v) is 10.5. The van der Waals surface area contributed by atoms with Gasteiger partial charge < -0.3 is 24.6 Å². The maximum atomic E-state index is 13.6. The molecule has 0 aliphatic carbocycles. The van der Waals surface area contributed by atoms with E-state index in [1.54, 1.807) is 0 Å². The Hall–Kier alpha value is -3.31. The van der Waals surface area contributed by atoms with Crippen molar-refractivity contribution in [3.8, 4) is 5.69 Å². The molecule has 2 saturated heterocycles. The fourth-order valence-electron chi connectivity index (χ4n) is 3.68. The Morgan fingerprint density at radius 2 is 1.44 bits per heavy atom. The Labute approximate surface area is 183 Å². The highest BCUT2D eigenvalue weighted by atomic mass is 19.2. The van der Waals surface area contributed by atoms with Gasteiger partial charge in [0.1, 0.15) is 18.0 Å². The number of rotatable bonds is 5. The topological polar surface area (TPSA) is 80.6 Å². The quantitative estimate of drug-likeness (QED) is 0.644. The Balaban J connectivity index is 1.42. The van der Waals surface area contributed by atoms with Gasteiger partial charge in [-0.3, -0.25) is 0 Å². The molecule has 2 aromatic heterocycles. The summed E-state index contributed by atoms with van der Waals surface area (Å²) in [5.41, 5.74) is 1.16. The lowest BCUT2D eigenvalue weighted by molar-refractivity contribution is 0.121. The van der Waals surface area contributed by atoms with Crippen molar-refractivity contribution in [2.75, 3.05) is 67.7 Å². The molecule has 4 heterocycles. The number of anilines is 4. The van der Waals surface area contributed by atoms with Gasteiger partial charge in [-0.1, -0.05) is 0 Å². The zero-order chi connectivity index (χ0) is 21.9. The minimum Gasteiger partial charge on any atom is -0.378 e. The maximum absolute atomic E-state index is 13.6. The lowest BCUT2D eigenvalue weighted by Gasteiger charge is -2.31. The van der Waals surface area contributed by atoms with Crippen LogP contribution >= 0.6 is 0 Å². The van der Waals surface area contributed by atoms with Crippen molar-refractivity contribution >= 4 is 23.3 Å². The highest BCUT2D eigenvalue weighted by Gasteiger charge is 2.19. The molecule has 0 atom stereocenters. The second-order valence-electron chi connectivity index (χ2n) is 7.51. The van der Waals surface area contributed by atoms with Crippen molar-refractivity contribution in [1.82, 2.24) is 19.7 Å². The van der Waals surface area contributed by atoms with Gasteiger partial charge in [0.05, 0.1) is 32.1 Å². The van der Waals surface area contributed by atoms with E-state index in [9.17, 15) is 8.78 Å². The molecular weight excluding hydrogens is 420 g/mol. The van der Waals surface area contributed by atoms with Crippen LogP contribution in [-0.2, 0) is 9.47 Å². The SMILES string of the molecule is Fc1ccc(-n2cnc(Nc3cc(N4CCOCC4)nc(N4CCOCC4)c3)n2)cc1F. The van der Waals surface area contributed by atoms with E-state index in [1.165, 1.54) is 17.1 Å². The first-order valence-electron chi connectivity index (χ1n) is 10.5. The number of ether oxygens (including phenoxy) is 2. The summed E-state index contributed by atoms with van der Waals surface area (Å²) in [5.74, 6) is 0.184. The number of morpholine rings is 2. The van der Waals surface area contributed by atoms with Gasteiger partial charge in [-0.25, -0.2) is 18.4 Å². The van der Waals surface area contributed by atoms with E-state index in [1.807, 2.05) is 12.1 Å². The summed E-state index contributed by atoms with van der Waals surface area (Å²) in [6, 6.07) is 7.48. The molecule has 1 aromatic carbocycles. The minimum absolute atomic E-state index is 0.335. The van der Waals surface area contributed by atoms with Gasteiger partial charge in [0.25, 0.3) is 0 Å². The zero-order valence-corrected chi connectivity index (χ0v) is 17.4. The Morgan fingerprint density at radius 1 is 0.812 bits per heavy atom. The van der Waals surface area contributed by atoms with Crippen molar-refractivity contribution in [2.24, 2.45) is 0 Å². The molecule has 2 aliphatic rings. The molecule has 2 aliphatic heterocycles. The lowest BCUT2D eigenvalue weighted by atomic mass is 10.3. The normalized spacial score (nSPS) is 16.9. The van der Waals surface area contributed by atoms with Crippen LogP contribution in [0.3, 0.4) is 0 Å². The fraction of sp³-hybridized carbons (Fsp3) is 0.381. The Kier molecular flexibility index (Phi) is 5.82. The van der Waals surface area contributed by atoms with E-state index >= 15 is 0 Å². The molecule has 5 rings (SSSR count). The smallest absolute Gasteiger partial charge is 0.246 e. The van der Waals surface area contributed by atoms with Crippen LogP contribution in [-0.4, -0.2) is 72.4 Å². The molecule has 0 spiro atoms. The lowest BCUT2D eigenvalue weighted by Crippen LogP contribution is -2.39. The van der Waals surface area contributed by atoms with E-state index < -0.39 is 11.6 Å². The summed E-state index contributed by atoms with van der Waals surface area (Å²) in [6.45, 7) is 5.70. The molecule has 0 saturated carbocycles. The van der Waals surface area contributed by atoms with Gasteiger partial charge >= 0.3 is 0 Å². The van der Waals surface area contributed by atoms with E-state index in [2.05, 4.69) is 25.2 Å².